The lowest BCUT2D eigenvalue weighted by atomic mass is 10.1. The molecule has 1 saturated heterocycles. The van der Waals surface area contributed by atoms with Gasteiger partial charge in [-0.1, -0.05) is 28.1 Å². The fraction of sp³-hybridized carbons (Fsp3) is 0.357. The van der Waals surface area contributed by atoms with E-state index in [1.165, 1.54) is 0 Å². The molecule has 2 amide bonds. The summed E-state index contributed by atoms with van der Waals surface area (Å²) >= 11 is 3.30. The van der Waals surface area contributed by atoms with Gasteiger partial charge in [-0.3, -0.25) is 9.59 Å². The van der Waals surface area contributed by atoms with E-state index in [0.717, 1.165) is 10.0 Å². The molecule has 1 heterocycles. The van der Waals surface area contributed by atoms with Crippen molar-refractivity contribution < 1.29 is 19.5 Å². The van der Waals surface area contributed by atoms with Crippen molar-refractivity contribution in [2.24, 2.45) is 0 Å². The number of halogens is 1. The number of rotatable bonds is 5. The summed E-state index contributed by atoms with van der Waals surface area (Å²) in [6, 6.07) is 5.56. The summed E-state index contributed by atoms with van der Waals surface area (Å²) in [4.78, 5) is 34.3. The Kier molecular flexibility index (Phi) is 4.95. The number of carboxylic acids is 1. The van der Waals surface area contributed by atoms with Crippen molar-refractivity contribution >= 4 is 33.7 Å². The fourth-order valence-electron chi connectivity index (χ4n) is 2.14. The standard InChI is InChI=1S/C14H15BrN2O4/c15-9-3-1-8(2-4-9)7-11(14(20)21)17-13(19)10-5-6-12(18)16-10/h1-4,10-11H,5-7H2,(H,16,18)(H,17,19)(H,20,21)/t10-,11+/m1/s1. The van der Waals surface area contributed by atoms with Crippen LogP contribution in [0.4, 0.5) is 0 Å². The van der Waals surface area contributed by atoms with E-state index in [4.69, 9.17) is 0 Å². The van der Waals surface area contributed by atoms with Crippen molar-refractivity contribution in [1.29, 1.82) is 0 Å². The quantitative estimate of drug-likeness (QED) is 0.729. The largest absolute Gasteiger partial charge is 0.480 e. The Morgan fingerprint density at radius 1 is 1.38 bits per heavy atom. The van der Waals surface area contributed by atoms with Crippen LogP contribution in [-0.2, 0) is 20.8 Å². The van der Waals surface area contributed by atoms with E-state index in [9.17, 15) is 19.5 Å². The molecule has 3 N–H and O–H groups in total. The first-order valence-electron chi connectivity index (χ1n) is 6.52. The Morgan fingerprint density at radius 2 is 2.05 bits per heavy atom. The first-order chi connectivity index (χ1) is 9.95. The second-order valence-electron chi connectivity index (χ2n) is 4.89. The fourth-order valence-corrected chi connectivity index (χ4v) is 2.40. The topological polar surface area (TPSA) is 95.5 Å². The van der Waals surface area contributed by atoms with Gasteiger partial charge in [0.25, 0.3) is 0 Å². The van der Waals surface area contributed by atoms with E-state index in [-0.39, 0.29) is 12.3 Å². The minimum Gasteiger partial charge on any atom is -0.480 e. The molecule has 21 heavy (non-hydrogen) atoms. The maximum absolute atomic E-state index is 12.0. The highest BCUT2D eigenvalue weighted by molar-refractivity contribution is 9.10. The smallest absolute Gasteiger partial charge is 0.326 e. The van der Waals surface area contributed by atoms with Crippen molar-refractivity contribution in [3.8, 4) is 0 Å². The summed E-state index contributed by atoms with van der Waals surface area (Å²) in [5, 5.41) is 14.2. The third-order valence-corrected chi connectivity index (χ3v) is 3.81. The van der Waals surface area contributed by atoms with Gasteiger partial charge in [0.2, 0.25) is 11.8 Å². The van der Waals surface area contributed by atoms with Gasteiger partial charge in [-0.05, 0) is 24.1 Å². The number of nitrogens with one attached hydrogen (secondary N) is 2. The van der Waals surface area contributed by atoms with Gasteiger partial charge in [-0.15, -0.1) is 0 Å². The molecular formula is C14H15BrN2O4. The third-order valence-electron chi connectivity index (χ3n) is 3.28. The zero-order valence-electron chi connectivity index (χ0n) is 11.1. The van der Waals surface area contributed by atoms with Crippen LogP contribution in [0.15, 0.2) is 28.7 Å². The Labute approximate surface area is 130 Å². The third kappa shape index (κ3) is 4.29. The van der Waals surface area contributed by atoms with Crippen molar-refractivity contribution in [1.82, 2.24) is 10.6 Å². The van der Waals surface area contributed by atoms with Crippen LogP contribution >= 0.6 is 15.9 Å². The minimum absolute atomic E-state index is 0.185. The first kappa shape index (κ1) is 15.5. The molecule has 1 aromatic rings. The number of hydrogen-bond donors (Lipinski definition) is 3. The van der Waals surface area contributed by atoms with Crippen LogP contribution in [0.5, 0.6) is 0 Å². The molecule has 1 aliphatic heterocycles. The molecular weight excluding hydrogens is 340 g/mol. The van der Waals surface area contributed by atoms with Crippen LogP contribution < -0.4 is 10.6 Å². The maximum atomic E-state index is 12.0. The molecule has 2 atom stereocenters. The molecule has 7 heteroatoms. The van der Waals surface area contributed by atoms with Gasteiger partial charge < -0.3 is 15.7 Å². The molecule has 0 bridgehead atoms. The lowest BCUT2D eigenvalue weighted by molar-refractivity contribution is -0.142. The van der Waals surface area contributed by atoms with E-state index >= 15 is 0 Å². The maximum Gasteiger partial charge on any atom is 0.326 e. The van der Waals surface area contributed by atoms with Gasteiger partial charge in [-0.2, -0.15) is 0 Å². The number of carbonyl (C=O) groups is 3. The van der Waals surface area contributed by atoms with Crippen molar-refractivity contribution in [2.45, 2.75) is 31.3 Å². The van der Waals surface area contributed by atoms with E-state index in [0.29, 0.717) is 12.8 Å². The summed E-state index contributed by atoms with van der Waals surface area (Å²) in [5.41, 5.74) is 0.807. The summed E-state index contributed by atoms with van der Waals surface area (Å²) < 4.78 is 0.899. The summed E-state index contributed by atoms with van der Waals surface area (Å²) in [6.07, 6.45) is 0.882. The summed E-state index contributed by atoms with van der Waals surface area (Å²) in [7, 11) is 0. The van der Waals surface area contributed by atoms with E-state index in [2.05, 4.69) is 26.6 Å². The Balaban J connectivity index is 1.99. The molecule has 0 saturated carbocycles. The molecule has 2 rings (SSSR count). The molecule has 1 aromatic carbocycles. The molecule has 1 fully saturated rings. The summed E-state index contributed by atoms with van der Waals surface area (Å²) in [6.45, 7) is 0. The highest BCUT2D eigenvalue weighted by Gasteiger charge is 2.30. The van der Waals surface area contributed by atoms with E-state index < -0.39 is 24.0 Å². The molecule has 0 radical (unpaired) electrons. The molecule has 0 spiro atoms. The van der Waals surface area contributed by atoms with Gasteiger partial charge in [0.1, 0.15) is 12.1 Å². The predicted octanol–water partition coefficient (Wildman–Crippen LogP) is 0.840. The Bertz CT molecular complexity index is 559. The van der Waals surface area contributed by atoms with Gasteiger partial charge in [0.05, 0.1) is 0 Å². The second kappa shape index (κ2) is 6.71. The number of hydrogen-bond acceptors (Lipinski definition) is 3. The molecule has 1 aliphatic rings. The normalized spacial score (nSPS) is 18.9. The van der Waals surface area contributed by atoms with Gasteiger partial charge in [-0.25, -0.2) is 4.79 Å². The number of carbonyl (C=O) groups excluding carboxylic acids is 2. The zero-order valence-corrected chi connectivity index (χ0v) is 12.7. The lowest BCUT2D eigenvalue weighted by Gasteiger charge is -2.17. The molecule has 0 aromatic heterocycles. The molecule has 0 unspecified atom stereocenters. The highest BCUT2D eigenvalue weighted by Crippen LogP contribution is 2.13. The monoisotopic (exact) mass is 354 g/mol. The van der Waals surface area contributed by atoms with E-state index in [1.807, 2.05) is 12.1 Å². The Hall–Kier alpha value is -1.89. The van der Waals surface area contributed by atoms with Crippen LogP contribution in [0.1, 0.15) is 18.4 Å². The Morgan fingerprint density at radius 3 is 2.57 bits per heavy atom. The molecule has 6 nitrogen and oxygen atoms in total. The number of benzene rings is 1. The molecule has 112 valence electrons. The van der Waals surface area contributed by atoms with Crippen LogP contribution in [0.2, 0.25) is 0 Å². The predicted molar refractivity (Wildman–Crippen MR) is 78.6 cm³/mol. The van der Waals surface area contributed by atoms with Crippen LogP contribution in [0.3, 0.4) is 0 Å². The van der Waals surface area contributed by atoms with Crippen molar-refractivity contribution in [3.63, 3.8) is 0 Å². The minimum atomic E-state index is -1.10. The average molecular weight is 355 g/mol. The van der Waals surface area contributed by atoms with Gasteiger partial charge >= 0.3 is 5.97 Å². The second-order valence-corrected chi connectivity index (χ2v) is 5.80. The van der Waals surface area contributed by atoms with Crippen LogP contribution in [0, 0.1) is 0 Å². The van der Waals surface area contributed by atoms with E-state index in [1.54, 1.807) is 12.1 Å². The zero-order chi connectivity index (χ0) is 15.4. The first-order valence-corrected chi connectivity index (χ1v) is 7.32. The van der Waals surface area contributed by atoms with Gasteiger partial charge in [0, 0.05) is 17.3 Å². The number of amides is 2. The van der Waals surface area contributed by atoms with Crippen LogP contribution in [-0.4, -0.2) is 35.0 Å². The summed E-state index contributed by atoms with van der Waals surface area (Å²) in [5.74, 6) is -1.74. The van der Waals surface area contributed by atoms with Crippen molar-refractivity contribution in [3.05, 3.63) is 34.3 Å². The molecule has 0 aliphatic carbocycles. The highest BCUT2D eigenvalue weighted by atomic mass is 79.9. The SMILES string of the molecule is O=C1CC[C@H](C(=O)N[C@@H](Cc2ccc(Br)cc2)C(=O)O)N1. The van der Waals surface area contributed by atoms with Crippen molar-refractivity contribution in [2.75, 3.05) is 0 Å². The number of aliphatic carboxylic acids is 1. The van der Waals surface area contributed by atoms with Gasteiger partial charge in [0.15, 0.2) is 0 Å². The van der Waals surface area contributed by atoms with Crippen LogP contribution in [0.25, 0.3) is 0 Å². The average Bonchev–Trinajstić information content (AvgIpc) is 2.87. The number of carboxylic acid groups (broad SMARTS) is 1. The lowest BCUT2D eigenvalue weighted by Crippen LogP contribution is -2.49.